The molecule has 2 aromatic carbocycles. The Kier molecular flexibility index (Phi) is 6.35. The minimum absolute atomic E-state index is 0.117. The maximum Gasteiger partial charge on any atom is 0.261 e. The van der Waals surface area contributed by atoms with Crippen LogP contribution in [0.15, 0.2) is 42.5 Å². The number of hydrogen-bond donors (Lipinski definition) is 1. The SMILES string of the molecule is Cc1cccc(O[C@H](C)C(=O)NCc2ccc(N3CCOCC3)cc2)c1C. The van der Waals surface area contributed by atoms with Crippen molar-refractivity contribution in [2.75, 3.05) is 31.2 Å². The van der Waals surface area contributed by atoms with Gasteiger partial charge in [0.1, 0.15) is 5.75 Å². The van der Waals surface area contributed by atoms with Crippen molar-refractivity contribution in [3.63, 3.8) is 0 Å². The van der Waals surface area contributed by atoms with Crippen molar-refractivity contribution in [1.82, 2.24) is 5.32 Å². The highest BCUT2D eigenvalue weighted by Gasteiger charge is 2.16. The zero-order valence-corrected chi connectivity index (χ0v) is 16.3. The molecule has 1 aliphatic rings. The largest absolute Gasteiger partial charge is 0.481 e. The molecule has 0 bridgehead atoms. The van der Waals surface area contributed by atoms with Crippen LogP contribution in [0.2, 0.25) is 0 Å². The summed E-state index contributed by atoms with van der Waals surface area (Å²) in [5.41, 5.74) is 4.48. The number of amides is 1. The average Bonchev–Trinajstić information content (AvgIpc) is 2.70. The van der Waals surface area contributed by atoms with Gasteiger partial charge in [0.25, 0.3) is 5.91 Å². The lowest BCUT2D eigenvalue weighted by molar-refractivity contribution is -0.127. The summed E-state index contributed by atoms with van der Waals surface area (Å²) in [5, 5.41) is 2.95. The van der Waals surface area contributed by atoms with Crippen LogP contribution in [-0.4, -0.2) is 38.3 Å². The lowest BCUT2D eigenvalue weighted by Crippen LogP contribution is -2.36. The van der Waals surface area contributed by atoms with Crippen LogP contribution in [0.25, 0.3) is 0 Å². The van der Waals surface area contributed by atoms with E-state index < -0.39 is 6.10 Å². The smallest absolute Gasteiger partial charge is 0.261 e. The number of hydrogen-bond acceptors (Lipinski definition) is 4. The van der Waals surface area contributed by atoms with Gasteiger partial charge in [-0.05, 0) is 55.7 Å². The predicted octanol–water partition coefficient (Wildman–Crippen LogP) is 3.22. The second kappa shape index (κ2) is 8.91. The number of benzene rings is 2. The van der Waals surface area contributed by atoms with E-state index in [0.717, 1.165) is 48.7 Å². The summed E-state index contributed by atoms with van der Waals surface area (Å²) in [5.74, 6) is 0.640. The number of morpholine rings is 1. The molecule has 1 amide bonds. The van der Waals surface area contributed by atoms with Gasteiger partial charge in [-0.15, -0.1) is 0 Å². The van der Waals surface area contributed by atoms with Gasteiger partial charge in [-0.3, -0.25) is 4.79 Å². The molecule has 3 rings (SSSR count). The highest BCUT2D eigenvalue weighted by molar-refractivity contribution is 5.80. The van der Waals surface area contributed by atoms with E-state index in [1.807, 2.05) is 32.0 Å². The number of nitrogens with one attached hydrogen (secondary N) is 1. The van der Waals surface area contributed by atoms with Crippen molar-refractivity contribution in [3.05, 3.63) is 59.2 Å². The number of rotatable bonds is 6. The van der Waals surface area contributed by atoms with E-state index in [1.165, 1.54) is 5.69 Å². The molecule has 1 heterocycles. The van der Waals surface area contributed by atoms with Crippen molar-refractivity contribution in [2.45, 2.75) is 33.4 Å². The van der Waals surface area contributed by atoms with E-state index >= 15 is 0 Å². The molecule has 1 aliphatic heterocycles. The molecule has 1 fully saturated rings. The molecule has 1 saturated heterocycles. The maximum atomic E-state index is 12.4. The maximum absolute atomic E-state index is 12.4. The van der Waals surface area contributed by atoms with Crippen LogP contribution in [-0.2, 0) is 16.1 Å². The Balaban J connectivity index is 1.51. The molecule has 1 atom stereocenters. The van der Waals surface area contributed by atoms with Crippen LogP contribution in [0.5, 0.6) is 5.75 Å². The fraction of sp³-hybridized carbons (Fsp3) is 0.409. The lowest BCUT2D eigenvalue weighted by atomic mass is 10.1. The molecule has 0 radical (unpaired) electrons. The Morgan fingerprint density at radius 1 is 1.15 bits per heavy atom. The standard InChI is InChI=1S/C22H28N2O3/c1-16-5-4-6-21(17(16)2)27-18(3)22(25)23-15-19-7-9-20(10-8-19)24-11-13-26-14-12-24/h4-10,18H,11-15H2,1-3H3,(H,23,25)/t18-/m1/s1. The van der Waals surface area contributed by atoms with Crippen LogP contribution >= 0.6 is 0 Å². The summed E-state index contributed by atoms with van der Waals surface area (Å²) in [7, 11) is 0. The van der Waals surface area contributed by atoms with Gasteiger partial charge in [-0.2, -0.15) is 0 Å². The Morgan fingerprint density at radius 2 is 1.85 bits per heavy atom. The van der Waals surface area contributed by atoms with Gasteiger partial charge in [0.2, 0.25) is 0 Å². The fourth-order valence-corrected chi connectivity index (χ4v) is 3.07. The first-order chi connectivity index (χ1) is 13.0. The molecule has 1 N–H and O–H groups in total. The minimum Gasteiger partial charge on any atom is -0.481 e. The summed E-state index contributed by atoms with van der Waals surface area (Å²) in [6.45, 7) is 9.69. The molecular formula is C22H28N2O3. The number of nitrogens with zero attached hydrogens (tertiary/aromatic N) is 1. The number of aryl methyl sites for hydroxylation is 1. The number of carbonyl (C=O) groups excluding carboxylic acids is 1. The molecule has 0 unspecified atom stereocenters. The number of anilines is 1. The van der Waals surface area contributed by atoms with E-state index in [4.69, 9.17) is 9.47 Å². The monoisotopic (exact) mass is 368 g/mol. The summed E-state index contributed by atoms with van der Waals surface area (Å²) in [4.78, 5) is 14.7. The second-order valence-electron chi connectivity index (χ2n) is 6.94. The highest BCUT2D eigenvalue weighted by atomic mass is 16.5. The zero-order valence-electron chi connectivity index (χ0n) is 16.3. The molecule has 2 aromatic rings. The molecule has 144 valence electrons. The van der Waals surface area contributed by atoms with Gasteiger partial charge in [0, 0.05) is 25.3 Å². The van der Waals surface area contributed by atoms with Crippen LogP contribution in [0.3, 0.4) is 0 Å². The van der Waals surface area contributed by atoms with E-state index in [9.17, 15) is 4.79 Å². The van der Waals surface area contributed by atoms with Crippen molar-refractivity contribution in [1.29, 1.82) is 0 Å². The first-order valence-electron chi connectivity index (χ1n) is 9.47. The Labute approximate surface area is 161 Å². The third-order valence-electron chi connectivity index (χ3n) is 5.01. The Hall–Kier alpha value is -2.53. The molecular weight excluding hydrogens is 340 g/mol. The quantitative estimate of drug-likeness (QED) is 0.851. The third kappa shape index (κ3) is 5.01. The van der Waals surface area contributed by atoms with Gasteiger partial charge in [-0.25, -0.2) is 0 Å². The van der Waals surface area contributed by atoms with E-state index in [1.54, 1.807) is 6.92 Å². The molecule has 0 spiro atoms. The average molecular weight is 368 g/mol. The first kappa shape index (κ1) is 19.2. The van der Waals surface area contributed by atoms with E-state index in [0.29, 0.717) is 6.54 Å². The zero-order chi connectivity index (χ0) is 19.2. The van der Waals surface area contributed by atoms with Gasteiger partial charge in [0.15, 0.2) is 6.10 Å². The topological polar surface area (TPSA) is 50.8 Å². The highest BCUT2D eigenvalue weighted by Crippen LogP contribution is 2.22. The van der Waals surface area contributed by atoms with E-state index in [2.05, 4.69) is 34.5 Å². The van der Waals surface area contributed by atoms with Crippen LogP contribution < -0.4 is 15.0 Å². The molecule has 5 nitrogen and oxygen atoms in total. The number of carbonyl (C=O) groups is 1. The third-order valence-corrected chi connectivity index (χ3v) is 5.01. The van der Waals surface area contributed by atoms with Gasteiger partial charge < -0.3 is 19.7 Å². The van der Waals surface area contributed by atoms with E-state index in [-0.39, 0.29) is 5.91 Å². The predicted molar refractivity (Wildman–Crippen MR) is 107 cm³/mol. The summed E-state index contributed by atoms with van der Waals surface area (Å²) >= 11 is 0. The fourth-order valence-electron chi connectivity index (χ4n) is 3.07. The van der Waals surface area contributed by atoms with Crippen molar-refractivity contribution < 1.29 is 14.3 Å². The molecule has 0 aliphatic carbocycles. The van der Waals surface area contributed by atoms with Gasteiger partial charge in [0.05, 0.1) is 13.2 Å². The normalized spacial score (nSPS) is 15.3. The van der Waals surface area contributed by atoms with Gasteiger partial charge in [-0.1, -0.05) is 24.3 Å². The van der Waals surface area contributed by atoms with Crippen LogP contribution in [0.1, 0.15) is 23.6 Å². The van der Waals surface area contributed by atoms with Crippen LogP contribution in [0.4, 0.5) is 5.69 Å². The molecule has 5 heteroatoms. The Morgan fingerprint density at radius 3 is 2.56 bits per heavy atom. The number of ether oxygens (including phenoxy) is 2. The molecule has 0 aromatic heterocycles. The summed E-state index contributed by atoms with van der Waals surface area (Å²) in [6, 6.07) is 14.2. The summed E-state index contributed by atoms with van der Waals surface area (Å²) < 4.78 is 11.2. The Bertz CT molecular complexity index is 768. The van der Waals surface area contributed by atoms with Crippen LogP contribution in [0, 0.1) is 13.8 Å². The van der Waals surface area contributed by atoms with Crippen molar-refractivity contribution in [2.24, 2.45) is 0 Å². The lowest BCUT2D eigenvalue weighted by Gasteiger charge is -2.28. The molecule has 0 saturated carbocycles. The molecule has 27 heavy (non-hydrogen) atoms. The minimum atomic E-state index is -0.543. The second-order valence-corrected chi connectivity index (χ2v) is 6.94. The van der Waals surface area contributed by atoms with Crippen molar-refractivity contribution in [3.8, 4) is 5.75 Å². The summed E-state index contributed by atoms with van der Waals surface area (Å²) in [6.07, 6.45) is -0.543. The van der Waals surface area contributed by atoms with Gasteiger partial charge >= 0.3 is 0 Å². The first-order valence-corrected chi connectivity index (χ1v) is 9.47. The van der Waals surface area contributed by atoms with Crippen molar-refractivity contribution >= 4 is 11.6 Å².